The van der Waals surface area contributed by atoms with Crippen LogP contribution in [-0.2, 0) is 6.54 Å². The first kappa shape index (κ1) is 15.6. The minimum absolute atomic E-state index is 0.0288. The minimum atomic E-state index is -1.43. The first-order valence-corrected chi connectivity index (χ1v) is 6.82. The lowest BCUT2D eigenvalue weighted by atomic mass is 10.00. The Kier molecular flexibility index (Phi) is 4.68. The fourth-order valence-electron chi connectivity index (χ4n) is 2.32. The topological polar surface area (TPSA) is 12.0 Å². The normalized spacial score (nSPS) is 12.5. The molecule has 0 radical (unpaired) electrons. The second kappa shape index (κ2) is 6.31. The highest BCUT2D eigenvalue weighted by Crippen LogP contribution is 2.20. The second-order valence-electron chi connectivity index (χ2n) is 5.34. The fraction of sp³-hybridized carbons (Fsp3) is 0.294. The Morgan fingerprint density at radius 2 is 1.62 bits per heavy atom. The van der Waals surface area contributed by atoms with E-state index in [0.717, 1.165) is 28.8 Å². The summed E-state index contributed by atoms with van der Waals surface area (Å²) in [7, 11) is 0. The van der Waals surface area contributed by atoms with Gasteiger partial charge in [0.2, 0.25) is 0 Å². The van der Waals surface area contributed by atoms with Gasteiger partial charge < -0.3 is 5.32 Å². The average Bonchev–Trinajstić information content (AvgIpc) is 2.44. The third kappa shape index (κ3) is 3.64. The van der Waals surface area contributed by atoms with Gasteiger partial charge in [0, 0.05) is 12.6 Å². The van der Waals surface area contributed by atoms with Gasteiger partial charge in [0.05, 0.1) is 0 Å². The molecule has 2 aromatic carbocycles. The van der Waals surface area contributed by atoms with Crippen LogP contribution in [0.15, 0.2) is 30.3 Å². The highest BCUT2D eigenvalue weighted by atomic mass is 19.2. The van der Waals surface area contributed by atoms with Crippen molar-refractivity contribution in [3.63, 3.8) is 0 Å². The molecule has 0 heterocycles. The molecule has 1 atom stereocenters. The van der Waals surface area contributed by atoms with E-state index < -0.39 is 17.5 Å². The number of benzene rings is 2. The zero-order valence-electron chi connectivity index (χ0n) is 12.3. The van der Waals surface area contributed by atoms with Crippen LogP contribution in [0.4, 0.5) is 13.2 Å². The molecule has 0 saturated carbocycles. The van der Waals surface area contributed by atoms with Gasteiger partial charge in [0.25, 0.3) is 0 Å². The van der Waals surface area contributed by atoms with Gasteiger partial charge in [0.15, 0.2) is 17.5 Å². The molecule has 0 bridgehead atoms. The first-order valence-electron chi connectivity index (χ1n) is 6.82. The molecule has 1 unspecified atom stereocenters. The summed E-state index contributed by atoms with van der Waals surface area (Å²) in [6, 6.07) is 8.22. The summed E-state index contributed by atoms with van der Waals surface area (Å²) in [5.41, 5.74) is 3.82. The maximum absolute atomic E-state index is 13.2. The lowest BCUT2D eigenvalue weighted by molar-refractivity contribution is 0.443. The molecule has 0 saturated heterocycles. The summed E-state index contributed by atoms with van der Waals surface area (Å²) in [5, 5.41) is 3.20. The third-order valence-electron chi connectivity index (χ3n) is 3.56. The van der Waals surface area contributed by atoms with Crippen LogP contribution in [0, 0.1) is 31.3 Å². The lowest BCUT2D eigenvalue weighted by Crippen LogP contribution is -2.19. The van der Waals surface area contributed by atoms with Gasteiger partial charge in [-0.1, -0.05) is 23.8 Å². The van der Waals surface area contributed by atoms with Gasteiger partial charge >= 0.3 is 0 Å². The number of rotatable bonds is 4. The van der Waals surface area contributed by atoms with E-state index in [1.807, 2.05) is 32.9 Å². The molecule has 21 heavy (non-hydrogen) atoms. The monoisotopic (exact) mass is 293 g/mol. The van der Waals surface area contributed by atoms with E-state index in [1.165, 1.54) is 0 Å². The van der Waals surface area contributed by atoms with Crippen molar-refractivity contribution in [2.45, 2.75) is 33.4 Å². The number of halogens is 3. The molecule has 0 fully saturated rings. The Bertz CT molecular complexity index is 629. The van der Waals surface area contributed by atoms with Crippen LogP contribution < -0.4 is 5.32 Å². The van der Waals surface area contributed by atoms with E-state index in [2.05, 4.69) is 11.4 Å². The van der Waals surface area contributed by atoms with Gasteiger partial charge in [0.1, 0.15) is 0 Å². The first-order chi connectivity index (χ1) is 9.88. The maximum Gasteiger partial charge on any atom is 0.194 e. The minimum Gasteiger partial charge on any atom is -0.306 e. The SMILES string of the molecule is Cc1ccc(C)c(C(C)NCc2cc(F)c(F)c(F)c2)c1. The summed E-state index contributed by atoms with van der Waals surface area (Å²) in [6.07, 6.45) is 0. The van der Waals surface area contributed by atoms with Crippen molar-refractivity contribution < 1.29 is 13.2 Å². The molecule has 0 aliphatic rings. The smallest absolute Gasteiger partial charge is 0.194 e. The molecule has 0 aliphatic heterocycles. The predicted octanol–water partition coefficient (Wildman–Crippen LogP) is 4.57. The van der Waals surface area contributed by atoms with Gasteiger partial charge in [-0.05, 0) is 49.6 Å². The molecular weight excluding hydrogens is 275 g/mol. The van der Waals surface area contributed by atoms with Crippen molar-refractivity contribution in [1.82, 2.24) is 5.32 Å². The van der Waals surface area contributed by atoms with E-state index in [4.69, 9.17) is 0 Å². The second-order valence-corrected chi connectivity index (χ2v) is 5.34. The van der Waals surface area contributed by atoms with Crippen molar-refractivity contribution in [3.8, 4) is 0 Å². The van der Waals surface area contributed by atoms with Gasteiger partial charge in [-0.25, -0.2) is 13.2 Å². The molecule has 0 aromatic heterocycles. The van der Waals surface area contributed by atoms with Crippen LogP contribution in [0.2, 0.25) is 0 Å². The number of aryl methyl sites for hydroxylation is 2. The van der Waals surface area contributed by atoms with Crippen molar-refractivity contribution in [2.24, 2.45) is 0 Å². The summed E-state index contributed by atoms with van der Waals surface area (Å²) in [6.45, 7) is 6.28. The van der Waals surface area contributed by atoms with Gasteiger partial charge in [-0.2, -0.15) is 0 Å². The zero-order chi connectivity index (χ0) is 15.6. The molecule has 2 aromatic rings. The summed E-state index contributed by atoms with van der Waals surface area (Å²) in [4.78, 5) is 0. The molecule has 0 spiro atoms. The number of hydrogen-bond donors (Lipinski definition) is 1. The maximum atomic E-state index is 13.2. The number of hydrogen-bond acceptors (Lipinski definition) is 1. The van der Waals surface area contributed by atoms with Gasteiger partial charge in [-0.15, -0.1) is 0 Å². The molecule has 0 amide bonds. The molecule has 0 aliphatic carbocycles. The van der Waals surface area contributed by atoms with Crippen molar-refractivity contribution in [2.75, 3.05) is 0 Å². The quantitative estimate of drug-likeness (QED) is 0.814. The molecule has 1 N–H and O–H groups in total. The molecular formula is C17H18F3N. The molecule has 2 rings (SSSR count). The molecule has 4 heteroatoms. The van der Waals surface area contributed by atoms with Crippen LogP contribution in [0.25, 0.3) is 0 Å². The predicted molar refractivity (Wildman–Crippen MR) is 77.5 cm³/mol. The van der Waals surface area contributed by atoms with Crippen molar-refractivity contribution in [3.05, 3.63) is 70.0 Å². The van der Waals surface area contributed by atoms with Crippen molar-refractivity contribution >= 4 is 0 Å². The summed E-state index contributed by atoms with van der Waals surface area (Å²) >= 11 is 0. The molecule has 112 valence electrons. The summed E-state index contributed by atoms with van der Waals surface area (Å²) in [5.74, 6) is -3.75. The highest BCUT2D eigenvalue weighted by molar-refractivity contribution is 5.32. The van der Waals surface area contributed by atoms with E-state index in [1.54, 1.807) is 0 Å². The van der Waals surface area contributed by atoms with Crippen LogP contribution in [0.3, 0.4) is 0 Å². The largest absolute Gasteiger partial charge is 0.306 e. The van der Waals surface area contributed by atoms with E-state index >= 15 is 0 Å². The van der Waals surface area contributed by atoms with Crippen molar-refractivity contribution in [1.29, 1.82) is 0 Å². The third-order valence-corrected chi connectivity index (χ3v) is 3.56. The Morgan fingerprint density at radius 1 is 1.00 bits per heavy atom. The van der Waals surface area contributed by atoms with E-state index in [0.29, 0.717) is 5.56 Å². The zero-order valence-corrected chi connectivity index (χ0v) is 12.3. The average molecular weight is 293 g/mol. The Balaban J connectivity index is 2.11. The van der Waals surface area contributed by atoms with E-state index in [9.17, 15) is 13.2 Å². The van der Waals surface area contributed by atoms with Crippen LogP contribution >= 0.6 is 0 Å². The lowest BCUT2D eigenvalue weighted by Gasteiger charge is -2.17. The Labute approximate surface area is 122 Å². The van der Waals surface area contributed by atoms with Crippen LogP contribution in [0.5, 0.6) is 0 Å². The summed E-state index contributed by atoms with van der Waals surface area (Å²) < 4.78 is 39.2. The Morgan fingerprint density at radius 3 is 2.24 bits per heavy atom. The number of nitrogens with one attached hydrogen (secondary N) is 1. The Hall–Kier alpha value is -1.81. The van der Waals surface area contributed by atoms with Crippen LogP contribution in [0.1, 0.15) is 35.2 Å². The fourth-order valence-corrected chi connectivity index (χ4v) is 2.32. The van der Waals surface area contributed by atoms with Gasteiger partial charge in [-0.3, -0.25) is 0 Å². The highest BCUT2D eigenvalue weighted by Gasteiger charge is 2.12. The molecule has 1 nitrogen and oxygen atoms in total. The standard InChI is InChI=1S/C17H18F3N/c1-10-4-5-11(2)14(6-10)12(3)21-9-13-7-15(18)17(20)16(19)8-13/h4-8,12,21H,9H2,1-3H3. The van der Waals surface area contributed by atoms with Crippen LogP contribution in [-0.4, -0.2) is 0 Å². The van der Waals surface area contributed by atoms with E-state index in [-0.39, 0.29) is 12.6 Å².